The van der Waals surface area contributed by atoms with E-state index in [1.807, 2.05) is 90.0 Å². The quantitative estimate of drug-likeness (QED) is 0.134. The highest BCUT2D eigenvalue weighted by Gasteiger charge is 2.64. The molecule has 60 heavy (non-hydrogen) atoms. The van der Waals surface area contributed by atoms with E-state index in [0.717, 1.165) is 5.57 Å². The van der Waals surface area contributed by atoms with Crippen molar-refractivity contribution in [3.63, 3.8) is 0 Å². The summed E-state index contributed by atoms with van der Waals surface area (Å²) in [4.78, 5) is 50.7. The highest BCUT2D eigenvalue weighted by atomic mass is 16.7. The van der Waals surface area contributed by atoms with E-state index < -0.39 is 79.7 Å². The molecule has 3 saturated heterocycles. The fourth-order valence-electron chi connectivity index (χ4n) is 6.20. The maximum atomic E-state index is 12.5. The Balaban J connectivity index is 0.000000247. The normalized spacial score (nSPS) is 25.6. The lowest BCUT2D eigenvalue weighted by Gasteiger charge is -2.32. The number of rotatable bonds is 4. The van der Waals surface area contributed by atoms with Crippen LogP contribution in [0.5, 0.6) is 0 Å². The van der Waals surface area contributed by atoms with Gasteiger partial charge in [0.1, 0.15) is 11.2 Å². The van der Waals surface area contributed by atoms with Gasteiger partial charge in [-0.25, -0.2) is 19.2 Å². The number of ether oxygens (including phenoxy) is 4. The lowest BCUT2D eigenvalue weighted by molar-refractivity contribution is -0.145. The van der Waals surface area contributed by atoms with E-state index in [-0.39, 0.29) is 28.9 Å². The van der Waals surface area contributed by atoms with Crippen LogP contribution in [0.4, 0.5) is 9.59 Å². The molecule has 3 fully saturated rings. The largest absolute Gasteiger partial charge is 0.492 e. The van der Waals surface area contributed by atoms with Crippen LogP contribution in [0.1, 0.15) is 132 Å². The molecular weight excluding hydrogens is 777 g/mol. The third kappa shape index (κ3) is 11.9. The van der Waals surface area contributed by atoms with Gasteiger partial charge in [0, 0.05) is 13.1 Å². The molecular formula is C41H71B3N2O14. The standard InChI is InChI=1S/C17H28BNO6.C12H24B2O4.C12H19NO4/c1-15(2,3)23-14(21)19-10-11(9-12(19)13(20)22-8)18-24-16(4,5)17(6,7)25-18;1-9(2)10(3,4)16-13(15-9)14-17-11(5,6)12(7,8)18-14;1-8-6-9(10(14)16-5)13(7-8)11(15)17-12(2,3)4/h9,12H,10H2,1-8H3;1-8H3;6,9H,7H2,1-5H3/t12-;;9-/m0.0/s1. The van der Waals surface area contributed by atoms with Crippen molar-refractivity contribution in [2.75, 3.05) is 27.3 Å². The van der Waals surface area contributed by atoms with Crippen LogP contribution in [0.15, 0.2) is 23.2 Å². The van der Waals surface area contributed by atoms with Gasteiger partial charge in [-0.2, -0.15) is 0 Å². The van der Waals surface area contributed by atoms with Crippen molar-refractivity contribution in [2.24, 2.45) is 0 Å². The minimum Gasteiger partial charge on any atom is -0.467 e. The Labute approximate surface area is 359 Å². The highest BCUT2D eigenvalue weighted by Crippen LogP contribution is 2.43. The lowest BCUT2D eigenvalue weighted by atomic mass is 9.49. The molecule has 0 aromatic heterocycles. The van der Waals surface area contributed by atoms with Crippen LogP contribution < -0.4 is 0 Å². The predicted molar refractivity (Wildman–Crippen MR) is 228 cm³/mol. The molecule has 0 spiro atoms. The summed E-state index contributed by atoms with van der Waals surface area (Å²) in [6.45, 7) is 37.1. The molecule has 338 valence electrons. The fourth-order valence-corrected chi connectivity index (χ4v) is 6.20. The molecule has 0 aromatic carbocycles. The first kappa shape index (κ1) is 51.3. The number of amides is 2. The Morgan fingerprint density at radius 1 is 0.550 bits per heavy atom. The molecule has 0 radical (unpaired) electrons. The zero-order valence-corrected chi connectivity index (χ0v) is 40.1. The van der Waals surface area contributed by atoms with Crippen molar-refractivity contribution < 1.29 is 66.1 Å². The average Bonchev–Trinajstić information content (AvgIpc) is 3.83. The van der Waals surface area contributed by atoms with Gasteiger partial charge in [0.25, 0.3) is 0 Å². The van der Waals surface area contributed by atoms with Crippen LogP contribution in [0.2, 0.25) is 0 Å². The molecule has 0 unspecified atom stereocenters. The summed E-state index contributed by atoms with van der Waals surface area (Å²) in [5, 5.41) is 0. The molecule has 5 heterocycles. The zero-order valence-electron chi connectivity index (χ0n) is 40.1. The number of nitrogens with zero attached hydrogens (tertiary/aromatic N) is 2. The third-order valence-electron chi connectivity index (χ3n) is 11.7. The van der Waals surface area contributed by atoms with Gasteiger partial charge in [-0.05, 0) is 137 Å². The van der Waals surface area contributed by atoms with Crippen molar-refractivity contribution in [1.82, 2.24) is 9.80 Å². The average molecular weight is 848 g/mol. The van der Waals surface area contributed by atoms with Crippen molar-refractivity contribution in [3.05, 3.63) is 23.2 Å². The molecule has 5 aliphatic rings. The maximum Gasteiger partial charge on any atom is 0.492 e. The van der Waals surface area contributed by atoms with Crippen LogP contribution in [-0.4, -0.2) is 139 Å². The van der Waals surface area contributed by atoms with Crippen molar-refractivity contribution in [1.29, 1.82) is 0 Å². The Kier molecular flexibility index (Phi) is 15.0. The number of carbonyl (C=O) groups excluding carboxylic acids is 4. The molecule has 0 bridgehead atoms. The lowest BCUT2D eigenvalue weighted by Crippen LogP contribution is -2.44. The van der Waals surface area contributed by atoms with Crippen molar-refractivity contribution in [3.8, 4) is 0 Å². The SMILES string of the molecule is CC1(C)OB(B2OC(C)(C)C(C)(C)O2)OC1(C)C.COC(=O)[C@@H]1C=C(B2OC(C)(C)C(C)(C)O2)CN1C(=O)OC(C)(C)C.COC(=O)[C@@H]1C=C(C)CN1C(=O)OC(C)(C)C. The first-order valence-corrected chi connectivity index (χ1v) is 20.5. The number of esters is 2. The van der Waals surface area contributed by atoms with E-state index >= 15 is 0 Å². The molecule has 5 aliphatic heterocycles. The topological polar surface area (TPSA) is 167 Å². The molecule has 0 aliphatic carbocycles. The van der Waals surface area contributed by atoms with E-state index in [1.165, 1.54) is 24.0 Å². The molecule has 0 saturated carbocycles. The van der Waals surface area contributed by atoms with Gasteiger partial charge in [0.2, 0.25) is 0 Å². The van der Waals surface area contributed by atoms with Crippen LogP contribution in [0, 0.1) is 0 Å². The van der Waals surface area contributed by atoms with E-state index in [9.17, 15) is 19.2 Å². The molecule has 5 rings (SSSR count). The summed E-state index contributed by atoms with van der Waals surface area (Å²) in [6, 6.07) is -1.52. The number of carbonyl (C=O) groups is 4. The molecule has 16 nitrogen and oxygen atoms in total. The Bertz CT molecular complexity index is 1600. The van der Waals surface area contributed by atoms with Crippen LogP contribution in [0.3, 0.4) is 0 Å². The number of hydrogen-bond acceptors (Lipinski definition) is 14. The van der Waals surface area contributed by atoms with E-state index in [1.54, 1.807) is 53.7 Å². The second kappa shape index (κ2) is 17.6. The van der Waals surface area contributed by atoms with Gasteiger partial charge in [-0.3, -0.25) is 9.80 Å². The number of hydrogen-bond donors (Lipinski definition) is 0. The summed E-state index contributed by atoms with van der Waals surface area (Å²) in [6.07, 6.45) is 2.31. The van der Waals surface area contributed by atoms with Gasteiger partial charge in [-0.15, -0.1) is 0 Å². The smallest absolute Gasteiger partial charge is 0.467 e. The summed E-state index contributed by atoms with van der Waals surface area (Å²) in [5.74, 6) is -0.981. The fraction of sp³-hybridized carbons (Fsp3) is 0.805. The van der Waals surface area contributed by atoms with Gasteiger partial charge >= 0.3 is 45.3 Å². The summed E-state index contributed by atoms with van der Waals surface area (Å²) in [5.41, 5.74) is -2.02. The highest BCUT2D eigenvalue weighted by molar-refractivity contribution is 7.11. The van der Waals surface area contributed by atoms with Crippen molar-refractivity contribution in [2.45, 2.75) is 188 Å². The zero-order chi connectivity index (χ0) is 46.4. The molecule has 2 amide bonds. The predicted octanol–water partition coefficient (Wildman–Crippen LogP) is 6.31. The second-order valence-electron chi connectivity index (χ2n) is 20.7. The number of methoxy groups -OCH3 is 2. The Morgan fingerprint density at radius 2 is 0.850 bits per heavy atom. The molecule has 2 atom stereocenters. The van der Waals surface area contributed by atoms with Crippen LogP contribution in [0.25, 0.3) is 0 Å². The Morgan fingerprint density at radius 3 is 1.17 bits per heavy atom. The van der Waals surface area contributed by atoms with E-state index in [2.05, 4.69) is 4.74 Å². The van der Waals surface area contributed by atoms with Gasteiger partial charge in [0.15, 0.2) is 12.1 Å². The van der Waals surface area contributed by atoms with Gasteiger partial charge in [0.05, 0.1) is 47.8 Å². The Hall–Kier alpha value is -3.09. The molecule has 19 heteroatoms. The molecule has 0 aromatic rings. The third-order valence-corrected chi connectivity index (χ3v) is 11.7. The summed E-state index contributed by atoms with van der Waals surface area (Å²) in [7, 11) is 1.02. The summed E-state index contributed by atoms with van der Waals surface area (Å²) >= 11 is 0. The van der Waals surface area contributed by atoms with Crippen LogP contribution in [-0.2, 0) is 56.5 Å². The van der Waals surface area contributed by atoms with E-state index in [4.69, 9.17) is 42.1 Å². The van der Waals surface area contributed by atoms with Gasteiger partial charge in [-0.1, -0.05) is 17.7 Å². The first-order chi connectivity index (χ1) is 26.9. The minimum atomic E-state index is -0.853. The van der Waals surface area contributed by atoms with Crippen molar-refractivity contribution >= 4 is 45.3 Å². The monoisotopic (exact) mass is 849 g/mol. The summed E-state index contributed by atoms with van der Waals surface area (Å²) < 4.78 is 56.0. The first-order valence-electron chi connectivity index (χ1n) is 20.5. The molecule has 0 N–H and O–H groups in total. The van der Waals surface area contributed by atoms with E-state index in [0.29, 0.717) is 12.0 Å². The van der Waals surface area contributed by atoms with Crippen LogP contribution >= 0.6 is 0 Å². The second-order valence-corrected chi connectivity index (χ2v) is 20.7. The maximum absolute atomic E-state index is 12.5. The minimum absolute atomic E-state index is 0.186. The van der Waals surface area contributed by atoms with Gasteiger partial charge < -0.3 is 46.9 Å².